The van der Waals surface area contributed by atoms with Crippen molar-refractivity contribution in [1.82, 2.24) is 4.90 Å². The molecule has 4 heteroatoms. The number of carbonyl (C=O) groups excluding carboxylic acids is 2. The minimum atomic E-state index is -1.04. The second-order valence-corrected chi connectivity index (χ2v) is 5.56. The molecule has 18 heavy (non-hydrogen) atoms. The molecule has 0 spiro atoms. The Bertz CT molecular complexity index is 308. The minimum Gasteiger partial charge on any atom is -0.550 e. The van der Waals surface area contributed by atoms with Crippen LogP contribution in [0.5, 0.6) is 0 Å². The first-order valence-corrected chi connectivity index (χ1v) is 7.20. The molecule has 1 amide bonds. The first-order valence-electron chi connectivity index (χ1n) is 7.20. The highest BCUT2D eigenvalue weighted by molar-refractivity contribution is 5.84. The summed E-state index contributed by atoms with van der Waals surface area (Å²) in [7, 11) is 0. The van der Waals surface area contributed by atoms with E-state index in [-0.39, 0.29) is 11.8 Å². The molecule has 0 radical (unpaired) electrons. The Morgan fingerprint density at radius 3 is 1.94 bits per heavy atom. The molecule has 1 aliphatic heterocycles. The van der Waals surface area contributed by atoms with Crippen molar-refractivity contribution in [2.75, 3.05) is 13.1 Å². The highest BCUT2D eigenvalue weighted by Gasteiger charge is 2.34. The third kappa shape index (κ3) is 3.03. The third-order valence-electron chi connectivity index (χ3n) is 4.30. The normalized spacial score (nSPS) is 29.7. The minimum absolute atomic E-state index is 0.0609. The lowest BCUT2D eigenvalue weighted by Gasteiger charge is -2.34. The summed E-state index contributed by atoms with van der Waals surface area (Å²) in [5.74, 6) is -1.87. The number of rotatable bonds is 2. The van der Waals surface area contributed by atoms with Crippen molar-refractivity contribution in [2.45, 2.75) is 51.4 Å². The summed E-state index contributed by atoms with van der Waals surface area (Å²) in [5, 5.41) is 11.1. The average molecular weight is 252 g/mol. The zero-order chi connectivity index (χ0) is 13.0. The first kappa shape index (κ1) is 13.4. The lowest BCUT2D eigenvalue weighted by molar-refractivity contribution is -0.314. The Morgan fingerprint density at radius 2 is 1.39 bits per heavy atom. The standard InChI is InChI=1S/C14H23NO3/c16-13(15-9-5-1-2-6-10-15)11-7-3-4-8-12(11)14(17)18/h11-12H,1-10H2,(H,17,18)/p-1. The van der Waals surface area contributed by atoms with Gasteiger partial charge in [0.1, 0.15) is 0 Å². The second kappa shape index (κ2) is 6.21. The van der Waals surface area contributed by atoms with E-state index in [0.717, 1.165) is 38.8 Å². The molecule has 0 N–H and O–H groups in total. The van der Waals surface area contributed by atoms with Crippen molar-refractivity contribution in [3.63, 3.8) is 0 Å². The van der Waals surface area contributed by atoms with Gasteiger partial charge in [0, 0.05) is 30.9 Å². The van der Waals surface area contributed by atoms with Gasteiger partial charge in [-0.1, -0.05) is 25.7 Å². The van der Waals surface area contributed by atoms with Gasteiger partial charge >= 0.3 is 0 Å². The number of carbonyl (C=O) groups is 2. The molecule has 0 aromatic rings. The van der Waals surface area contributed by atoms with E-state index in [2.05, 4.69) is 0 Å². The van der Waals surface area contributed by atoms with Gasteiger partial charge in [-0.25, -0.2) is 0 Å². The molecule has 0 aromatic heterocycles. The van der Waals surface area contributed by atoms with Gasteiger partial charge in [0.25, 0.3) is 0 Å². The summed E-state index contributed by atoms with van der Waals surface area (Å²) in [6.45, 7) is 1.60. The molecule has 102 valence electrons. The molecule has 2 atom stereocenters. The van der Waals surface area contributed by atoms with Crippen LogP contribution >= 0.6 is 0 Å². The van der Waals surface area contributed by atoms with Gasteiger partial charge < -0.3 is 14.8 Å². The molecule has 0 bridgehead atoms. The van der Waals surface area contributed by atoms with Crippen LogP contribution in [-0.2, 0) is 9.59 Å². The number of hydrogen-bond donors (Lipinski definition) is 0. The van der Waals surface area contributed by atoms with Crippen LogP contribution in [0.3, 0.4) is 0 Å². The maximum absolute atomic E-state index is 12.5. The van der Waals surface area contributed by atoms with E-state index < -0.39 is 11.9 Å². The van der Waals surface area contributed by atoms with Crippen LogP contribution in [0, 0.1) is 11.8 Å². The largest absolute Gasteiger partial charge is 0.550 e. The molecule has 2 aliphatic rings. The summed E-state index contributed by atoms with van der Waals surface area (Å²) in [5.41, 5.74) is 0. The van der Waals surface area contributed by atoms with Crippen LogP contribution in [0.25, 0.3) is 0 Å². The molecule has 0 aromatic carbocycles. The number of aliphatic carboxylic acids is 1. The molecule has 1 aliphatic carbocycles. The Hall–Kier alpha value is -1.06. The SMILES string of the molecule is O=C([O-])C1CCCCC1C(=O)N1CCCCCC1. The molecule has 4 nitrogen and oxygen atoms in total. The number of carboxylic acids is 1. The summed E-state index contributed by atoms with van der Waals surface area (Å²) in [6.07, 6.45) is 7.65. The quantitative estimate of drug-likeness (QED) is 0.735. The van der Waals surface area contributed by atoms with Gasteiger partial charge in [0.15, 0.2) is 0 Å². The van der Waals surface area contributed by atoms with Crippen molar-refractivity contribution < 1.29 is 14.7 Å². The van der Waals surface area contributed by atoms with Crippen LogP contribution in [0.4, 0.5) is 0 Å². The van der Waals surface area contributed by atoms with Gasteiger partial charge in [-0.05, 0) is 25.7 Å². The van der Waals surface area contributed by atoms with E-state index in [9.17, 15) is 14.7 Å². The van der Waals surface area contributed by atoms with Gasteiger partial charge in [-0.15, -0.1) is 0 Å². The van der Waals surface area contributed by atoms with Crippen molar-refractivity contribution in [3.05, 3.63) is 0 Å². The molecule has 2 rings (SSSR count). The Balaban J connectivity index is 2.02. The molecule has 1 heterocycles. The average Bonchev–Trinajstić information content (AvgIpc) is 2.66. The molecule has 2 unspecified atom stereocenters. The summed E-state index contributed by atoms with van der Waals surface area (Å²) < 4.78 is 0. The molecule has 1 saturated carbocycles. The smallest absolute Gasteiger partial charge is 0.226 e. The topological polar surface area (TPSA) is 60.4 Å². The lowest BCUT2D eigenvalue weighted by Crippen LogP contribution is -2.46. The predicted octanol–water partition coefficient (Wildman–Crippen LogP) is 0.945. The number of hydrogen-bond acceptors (Lipinski definition) is 3. The fraction of sp³-hybridized carbons (Fsp3) is 0.857. The van der Waals surface area contributed by atoms with Crippen LogP contribution < -0.4 is 5.11 Å². The summed E-state index contributed by atoms with van der Waals surface area (Å²) in [6, 6.07) is 0. The van der Waals surface area contributed by atoms with Crippen LogP contribution in [0.15, 0.2) is 0 Å². The molecule has 1 saturated heterocycles. The number of amides is 1. The van der Waals surface area contributed by atoms with E-state index in [1.54, 1.807) is 0 Å². The first-order chi connectivity index (χ1) is 8.70. The maximum atomic E-state index is 12.5. The maximum Gasteiger partial charge on any atom is 0.226 e. The molecular weight excluding hydrogens is 230 g/mol. The number of carboxylic acid groups (broad SMARTS) is 1. The van der Waals surface area contributed by atoms with Crippen LogP contribution in [-0.4, -0.2) is 29.9 Å². The Labute approximate surface area is 108 Å². The van der Waals surface area contributed by atoms with Gasteiger partial charge in [-0.3, -0.25) is 4.79 Å². The zero-order valence-corrected chi connectivity index (χ0v) is 10.9. The van der Waals surface area contributed by atoms with Crippen LogP contribution in [0.2, 0.25) is 0 Å². The fourth-order valence-corrected chi connectivity index (χ4v) is 3.23. The molecular formula is C14H22NO3-. The van der Waals surface area contributed by atoms with E-state index in [0.29, 0.717) is 12.8 Å². The third-order valence-corrected chi connectivity index (χ3v) is 4.30. The number of nitrogens with zero attached hydrogens (tertiary/aromatic N) is 1. The van der Waals surface area contributed by atoms with Crippen molar-refractivity contribution >= 4 is 11.9 Å². The summed E-state index contributed by atoms with van der Waals surface area (Å²) in [4.78, 5) is 25.5. The molecule has 2 fully saturated rings. The van der Waals surface area contributed by atoms with Crippen LogP contribution in [0.1, 0.15) is 51.4 Å². The Morgan fingerprint density at radius 1 is 0.833 bits per heavy atom. The number of likely N-dealkylation sites (tertiary alicyclic amines) is 1. The van der Waals surface area contributed by atoms with E-state index in [4.69, 9.17) is 0 Å². The highest BCUT2D eigenvalue weighted by atomic mass is 16.4. The van der Waals surface area contributed by atoms with Gasteiger partial charge in [0.2, 0.25) is 5.91 Å². The van der Waals surface area contributed by atoms with E-state index in [1.165, 1.54) is 12.8 Å². The zero-order valence-electron chi connectivity index (χ0n) is 10.9. The predicted molar refractivity (Wildman–Crippen MR) is 65.5 cm³/mol. The van der Waals surface area contributed by atoms with Crippen molar-refractivity contribution in [3.8, 4) is 0 Å². The lowest BCUT2D eigenvalue weighted by atomic mass is 9.78. The fourth-order valence-electron chi connectivity index (χ4n) is 3.23. The van der Waals surface area contributed by atoms with E-state index >= 15 is 0 Å². The van der Waals surface area contributed by atoms with E-state index in [1.807, 2.05) is 4.90 Å². The van der Waals surface area contributed by atoms with Gasteiger partial charge in [0.05, 0.1) is 0 Å². The van der Waals surface area contributed by atoms with Crippen molar-refractivity contribution in [2.24, 2.45) is 11.8 Å². The van der Waals surface area contributed by atoms with Gasteiger partial charge in [-0.2, -0.15) is 0 Å². The second-order valence-electron chi connectivity index (χ2n) is 5.56. The summed E-state index contributed by atoms with van der Waals surface area (Å²) >= 11 is 0. The monoisotopic (exact) mass is 252 g/mol. The highest BCUT2D eigenvalue weighted by Crippen LogP contribution is 2.31. The Kier molecular flexibility index (Phi) is 4.61. The van der Waals surface area contributed by atoms with Crippen molar-refractivity contribution in [1.29, 1.82) is 0 Å².